The summed E-state index contributed by atoms with van der Waals surface area (Å²) < 4.78 is 21.5. The van der Waals surface area contributed by atoms with Gasteiger partial charge in [-0.2, -0.15) is 14.6 Å². The van der Waals surface area contributed by atoms with E-state index in [9.17, 15) is 9.18 Å². The Morgan fingerprint density at radius 2 is 2.26 bits per heavy atom. The lowest BCUT2D eigenvalue weighted by atomic mass is 10.1. The fourth-order valence-electron chi connectivity index (χ4n) is 2.83. The van der Waals surface area contributed by atoms with Crippen LogP contribution < -0.4 is 15.4 Å². The average molecular weight is 366 g/mol. The number of halogens is 1. The van der Waals surface area contributed by atoms with Crippen molar-refractivity contribution in [3.05, 3.63) is 35.3 Å². The van der Waals surface area contributed by atoms with Crippen molar-refractivity contribution in [1.82, 2.24) is 19.6 Å². The molecule has 0 atom stereocenters. The summed E-state index contributed by atoms with van der Waals surface area (Å²) in [7, 11) is 1.71. The number of nitrogens with one attached hydrogen (secondary N) is 2. The van der Waals surface area contributed by atoms with Gasteiger partial charge in [0.15, 0.2) is 23.1 Å². The van der Waals surface area contributed by atoms with Crippen LogP contribution in [0.4, 0.5) is 21.8 Å². The average Bonchev–Trinajstić information content (AvgIpc) is 3.09. The summed E-state index contributed by atoms with van der Waals surface area (Å²) in [5.41, 5.74) is 0.962. The van der Waals surface area contributed by atoms with Crippen molar-refractivity contribution in [1.29, 1.82) is 0 Å². The fraction of sp³-hybridized carbons (Fsp3) is 0.222. The molecule has 0 fully saturated rings. The monoisotopic (exact) mass is 366 g/mol. The third kappa shape index (κ3) is 2.91. The number of rotatable bonds is 1. The van der Waals surface area contributed by atoms with E-state index in [-0.39, 0.29) is 36.1 Å². The Bertz CT molecular complexity index is 1100. The summed E-state index contributed by atoms with van der Waals surface area (Å²) >= 11 is 0. The van der Waals surface area contributed by atoms with E-state index in [1.165, 1.54) is 16.8 Å². The van der Waals surface area contributed by atoms with E-state index < -0.39 is 5.82 Å². The normalized spacial score (nSPS) is 13.7. The maximum absolute atomic E-state index is 14.4. The molecule has 8 nitrogen and oxygen atoms in total. The molecule has 0 aliphatic carbocycles. The molecule has 1 aliphatic rings. The van der Waals surface area contributed by atoms with Crippen LogP contribution in [0.2, 0.25) is 0 Å². The van der Waals surface area contributed by atoms with E-state index in [4.69, 9.17) is 11.2 Å². The SMILES string of the molecule is C#Cc1cc(F)c2nc1OCCCC(=O)c1cnn3c(NC)cc(nc13)N2. The molecule has 27 heavy (non-hydrogen) atoms. The summed E-state index contributed by atoms with van der Waals surface area (Å²) in [5, 5.41) is 10.0. The van der Waals surface area contributed by atoms with Crippen LogP contribution in [0.15, 0.2) is 18.3 Å². The zero-order valence-corrected chi connectivity index (χ0v) is 14.4. The number of pyridine rings is 1. The molecule has 9 heteroatoms. The van der Waals surface area contributed by atoms with Crippen LogP contribution in [0.25, 0.3) is 5.65 Å². The smallest absolute Gasteiger partial charge is 0.231 e. The number of terminal acetylenes is 1. The summed E-state index contributed by atoms with van der Waals surface area (Å²) in [6.45, 7) is 0.218. The summed E-state index contributed by atoms with van der Waals surface area (Å²) in [5.74, 6) is 2.54. The number of carbonyl (C=O) groups is 1. The van der Waals surface area contributed by atoms with Crippen molar-refractivity contribution < 1.29 is 13.9 Å². The lowest BCUT2D eigenvalue weighted by Gasteiger charge is -2.12. The first-order valence-electron chi connectivity index (χ1n) is 8.27. The summed E-state index contributed by atoms with van der Waals surface area (Å²) in [6.07, 6.45) is 7.58. The third-order valence-corrected chi connectivity index (χ3v) is 4.16. The number of aromatic nitrogens is 4. The molecule has 4 bridgehead atoms. The summed E-state index contributed by atoms with van der Waals surface area (Å²) in [4.78, 5) is 21.1. The zero-order valence-electron chi connectivity index (χ0n) is 14.4. The topological polar surface area (TPSA) is 93.4 Å². The van der Waals surface area contributed by atoms with Crippen molar-refractivity contribution in [2.24, 2.45) is 0 Å². The van der Waals surface area contributed by atoms with Gasteiger partial charge in [-0.15, -0.1) is 6.42 Å². The molecule has 2 N–H and O–H groups in total. The molecule has 0 aromatic carbocycles. The predicted molar refractivity (Wildman–Crippen MR) is 97.0 cm³/mol. The molecular formula is C18H15FN6O2. The maximum atomic E-state index is 14.4. The molecule has 0 spiro atoms. The van der Waals surface area contributed by atoms with Crippen LogP contribution in [0.1, 0.15) is 28.8 Å². The van der Waals surface area contributed by atoms with Crippen LogP contribution in [-0.4, -0.2) is 39.0 Å². The minimum Gasteiger partial charge on any atom is -0.477 e. The van der Waals surface area contributed by atoms with Gasteiger partial charge < -0.3 is 15.4 Å². The molecule has 0 saturated carbocycles. The van der Waals surface area contributed by atoms with Crippen LogP contribution in [0.5, 0.6) is 5.88 Å². The zero-order chi connectivity index (χ0) is 19.0. The van der Waals surface area contributed by atoms with E-state index >= 15 is 0 Å². The van der Waals surface area contributed by atoms with Gasteiger partial charge in [-0.05, 0) is 12.5 Å². The van der Waals surface area contributed by atoms with E-state index in [0.29, 0.717) is 29.3 Å². The Balaban J connectivity index is 1.91. The summed E-state index contributed by atoms with van der Waals surface area (Å²) in [6, 6.07) is 2.81. The first kappa shape index (κ1) is 16.8. The number of carbonyl (C=O) groups excluding carboxylic acids is 1. The van der Waals surface area contributed by atoms with Gasteiger partial charge in [0.1, 0.15) is 11.6 Å². The molecule has 0 amide bonds. The van der Waals surface area contributed by atoms with Crippen molar-refractivity contribution >= 4 is 28.9 Å². The lowest BCUT2D eigenvalue weighted by Crippen LogP contribution is -2.07. The van der Waals surface area contributed by atoms with Crippen LogP contribution in [-0.2, 0) is 0 Å². The molecule has 0 radical (unpaired) electrons. The highest BCUT2D eigenvalue weighted by Gasteiger charge is 2.19. The Morgan fingerprint density at radius 3 is 3.04 bits per heavy atom. The number of ether oxygens (including phenoxy) is 1. The molecule has 4 heterocycles. The quantitative estimate of drug-likeness (QED) is 0.639. The molecule has 136 valence electrons. The van der Waals surface area contributed by atoms with Crippen LogP contribution >= 0.6 is 0 Å². The molecular weight excluding hydrogens is 351 g/mol. The second kappa shape index (κ2) is 6.57. The van der Waals surface area contributed by atoms with Gasteiger partial charge in [0, 0.05) is 19.5 Å². The second-order valence-electron chi connectivity index (χ2n) is 5.89. The fourth-order valence-corrected chi connectivity index (χ4v) is 2.83. The number of fused-ring (bicyclic) bond motifs is 3. The van der Waals surface area contributed by atoms with E-state index in [1.54, 1.807) is 13.1 Å². The van der Waals surface area contributed by atoms with Gasteiger partial charge in [0.2, 0.25) is 5.88 Å². The van der Waals surface area contributed by atoms with Gasteiger partial charge >= 0.3 is 0 Å². The van der Waals surface area contributed by atoms with Crippen LogP contribution in [0, 0.1) is 18.2 Å². The van der Waals surface area contributed by atoms with Gasteiger partial charge in [-0.25, -0.2) is 9.37 Å². The minimum atomic E-state index is -0.636. The predicted octanol–water partition coefficient (Wildman–Crippen LogP) is 2.39. The van der Waals surface area contributed by atoms with E-state index in [0.717, 1.165) is 0 Å². The van der Waals surface area contributed by atoms with Gasteiger partial charge in [-0.3, -0.25) is 4.79 Å². The lowest BCUT2D eigenvalue weighted by molar-refractivity contribution is 0.0974. The highest BCUT2D eigenvalue weighted by atomic mass is 19.1. The highest BCUT2D eigenvalue weighted by Crippen LogP contribution is 2.27. The van der Waals surface area contributed by atoms with Crippen molar-refractivity contribution in [3.63, 3.8) is 0 Å². The highest BCUT2D eigenvalue weighted by molar-refractivity contribution is 6.01. The largest absolute Gasteiger partial charge is 0.477 e. The van der Waals surface area contributed by atoms with Crippen molar-refractivity contribution in [3.8, 4) is 18.2 Å². The molecule has 3 aromatic rings. The maximum Gasteiger partial charge on any atom is 0.231 e. The number of hydrogen-bond acceptors (Lipinski definition) is 7. The third-order valence-electron chi connectivity index (χ3n) is 4.16. The van der Waals surface area contributed by atoms with Crippen molar-refractivity contribution in [2.75, 3.05) is 24.3 Å². The van der Waals surface area contributed by atoms with Crippen LogP contribution in [0.3, 0.4) is 0 Å². The number of Topliss-reactive ketones (excluding diaryl/α,β-unsaturated/α-hetero) is 1. The first-order valence-corrected chi connectivity index (χ1v) is 8.27. The van der Waals surface area contributed by atoms with E-state index in [2.05, 4.69) is 31.6 Å². The molecule has 1 aliphatic heterocycles. The van der Waals surface area contributed by atoms with Gasteiger partial charge in [-0.1, -0.05) is 5.92 Å². The second-order valence-corrected chi connectivity index (χ2v) is 5.89. The Labute approximate surface area is 153 Å². The standard InChI is InChI=1S/C18H15FN6O2/c1-3-10-7-12(19)16-22-14-8-15(20-2)25-17(23-14)11(9-21-25)13(26)5-4-6-27-18(10)24-16/h1,7-9,20H,4-6H2,2H3,(H,22,23,24). The Hall–Kier alpha value is -3.67. The van der Waals surface area contributed by atoms with E-state index in [1.807, 2.05) is 0 Å². The number of ketones is 1. The number of anilines is 3. The Kier molecular flexibility index (Phi) is 4.08. The van der Waals surface area contributed by atoms with Crippen molar-refractivity contribution in [2.45, 2.75) is 12.8 Å². The molecule has 0 saturated heterocycles. The number of nitrogens with zero attached hydrogens (tertiary/aromatic N) is 4. The minimum absolute atomic E-state index is 0.0745. The molecule has 4 rings (SSSR count). The molecule has 0 unspecified atom stereocenters. The van der Waals surface area contributed by atoms with Gasteiger partial charge in [0.05, 0.1) is 23.9 Å². The Morgan fingerprint density at radius 1 is 1.41 bits per heavy atom. The number of hydrogen-bond donors (Lipinski definition) is 2. The first-order chi connectivity index (χ1) is 13.1. The van der Waals surface area contributed by atoms with Gasteiger partial charge in [0.25, 0.3) is 0 Å². The molecule has 3 aromatic heterocycles.